The summed E-state index contributed by atoms with van der Waals surface area (Å²) in [6.07, 6.45) is 25.3. The molecule has 20 nitrogen and oxygen atoms in total. The van der Waals surface area contributed by atoms with E-state index in [4.69, 9.17) is 65.4 Å². The van der Waals surface area contributed by atoms with E-state index >= 15 is 0 Å². The average Bonchev–Trinajstić information content (AvgIpc) is 2.29. The van der Waals surface area contributed by atoms with Crippen LogP contribution in [0.15, 0.2) is 79.8 Å². The predicted octanol–water partition coefficient (Wildman–Crippen LogP) is 17.2. The number of pyridine rings is 3. The lowest BCUT2D eigenvalue weighted by molar-refractivity contribution is -0.0453. The average molecular weight is 1620 g/mol. The Labute approximate surface area is 666 Å². The van der Waals surface area contributed by atoms with Crippen LogP contribution in [0.2, 0.25) is 20.1 Å². The van der Waals surface area contributed by atoms with Crippen molar-refractivity contribution in [3.05, 3.63) is 122 Å². The number of ether oxygens (including phenoxy) is 4. The zero-order valence-corrected chi connectivity index (χ0v) is 67.3. The quantitative estimate of drug-likeness (QED) is 0.0333. The Hall–Kier alpha value is -6.45. The maximum atomic E-state index is 14.1. The van der Waals surface area contributed by atoms with Crippen LogP contribution in [-0.4, -0.2) is 173 Å². The van der Waals surface area contributed by atoms with E-state index in [9.17, 15) is 47.0 Å². The largest absolute Gasteiger partial charge is 0.390 e. The molecule has 111 heavy (non-hydrogen) atoms. The monoisotopic (exact) mass is 1620 g/mol. The zero-order valence-electron chi connectivity index (χ0n) is 64.2. The molecule has 10 heterocycles. The van der Waals surface area contributed by atoms with Crippen molar-refractivity contribution < 1.29 is 65.9 Å². The maximum absolute atomic E-state index is 14.1. The van der Waals surface area contributed by atoms with Crippen LogP contribution >= 0.6 is 46.4 Å². The standard InChI is InChI=1S/C24H31ClFNO3.C21H27ClFN3O2.C19H23ClFN3O3.C19H25ClFN3O2/c1-23(26)10-12-24(29,13-11-23)9-8-21(28)18-16-27(15-17-5-2-3-14-30-17)20-7-4-6-19(25)22(18)20;1-21(23)6-2-14(3-7-21)10-25-20(27)16-12-26(11-15-5-9-28-13-15)19-18(16)17(22)4-8-24-19;1-18(21)3-5-19(26,6-4-18)11-23-17(25)13-8-24(12-9-27-10-12)16-15(13)14(20)2-7-22-16;1-19(21)6-3-13(4-7-19)11-23-18(25)14-12-24(9-10-26-2)17-16(14)15(20)5-8-22-17/h4,6-7,16-17,29H,2-3,5,8-15H2,1H3;4,8,12,14-15H,2-3,5-7,9-11,13H2,1H3,(H,25,27);2,7-8,12,26H,3-6,9-11H2,1H3,(H,23,25);5,8,12-13H,3-4,6-7,9-11H2,1-2H3,(H,23,25). The lowest BCUT2D eigenvalue weighted by atomic mass is 9.75. The van der Waals surface area contributed by atoms with Gasteiger partial charge in [-0.3, -0.25) is 19.2 Å². The van der Waals surface area contributed by atoms with Crippen LogP contribution < -0.4 is 16.0 Å². The first kappa shape index (κ1) is 84.0. The molecule has 2 unspecified atom stereocenters. The Morgan fingerprint density at radius 3 is 1.54 bits per heavy atom. The minimum absolute atomic E-state index is 0.0292. The van der Waals surface area contributed by atoms with Gasteiger partial charge in [0.25, 0.3) is 17.7 Å². The smallest absolute Gasteiger partial charge is 0.253 e. The second-order valence-corrected chi connectivity index (χ2v) is 34.7. The highest BCUT2D eigenvalue weighted by Gasteiger charge is 2.42. The molecule has 0 radical (unpaired) electrons. The summed E-state index contributed by atoms with van der Waals surface area (Å²) in [6, 6.07) is 10.9. The number of hydrogen-bond donors (Lipinski definition) is 5. The van der Waals surface area contributed by atoms with E-state index in [1.54, 1.807) is 90.1 Å². The number of alkyl halides is 4. The van der Waals surface area contributed by atoms with E-state index in [1.165, 1.54) is 0 Å². The Balaban J connectivity index is 0.000000138. The van der Waals surface area contributed by atoms with Gasteiger partial charge in [0.05, 0.1) is 108 Å². The number of aromatic nitrogens is 7. The summed E-state index contributed by atoms with van der Waals surface area (Å²) in [5.41, 5.74) is -1.54. The van der Waals surface area contributed by atoms with Gasteiger partial charge in [-0.1, -0.05) is 52.5 Å². The van der Waals surface area contributed by atoms with Gasteiger partial charge >= 0.3 is 0 Å². The van der Waals surface area contributed by atoms with Crippen LogP contribution in [-0.2, 0) is 38.6 Å². The topological polar surface area (TPSA) is 240 Å². The van der Waals surface area contributed by atoms with Gasteiger partial charge in [-0.05, 0) is 205 Å². The van der Waals surface area contributed by atoms with Crippen molar-refractivity contribution >= 4 is 114 Å². The summed E-state index contributed by atoms with van der Waals surface area (Å²) in [5.74, 6) is 0.395. The Morgan fingerprint density at radius 2 is 1.02 bits per heavy atom. The first-order chi connectivity index (χ1) is 52.9. The number of carbonyl (C=O) groups is 4. The number of Topliss-reactive ketones (excluding diaryl/α,β-unsaturated/α-hetero) is 1. The molecule has 604 valence electrons. The molecule has 28 heteroatoms. The van der Waals surface area contributed by atoms with Crippen molar-refractivity contribution in [1.29, 1.82) is 0 Å². The number of hydrogen-bond acceptors (Lipinski definition) is 13. The van der Waals surface area contributed by atoms with Gasteiger partial charge in [-0.15, -0.1) is 0 Å². The van der Waals surface area contributed by atoms with Crippen LogP contribution in [0.5, 0.6) is 0 Å². The number of methoxy groups -OCH3 is 1. The number of amides is 3. The van der Waals surface area contributed by atoms with Gasteiger partial charge in [0.2, 0.25) is 0 Å². The van der Waals surface area contributed by atoms with Crippen LogP contribution in [0.3, 0.4) is 0 Å². The molecule has 5 N–H and O–H groups in total. The molecule has 15 rings (SSSR count). The van der Waals surface area contributed by atoms with E-state index in [-0.39, 0.29) is 61.5 Å². The number of nitrogens with one attached hydrogen (secondary N) is 3. The van der Waals surface area contributed by atoms with E-state index in [1.807, 2.05) is 38.2 Å². The van der Waals surface area contributed by atoms with Crippen molar-refractivity contribution in [3.63, 3.8) is 0 Å². The van der Waals surface area contributed by atoms with Crippen molar-refractivity contribution in [2.45, 2.75) is 235 Å². The van der Waals surface area contributed by atoms with Gasteiger partial charge in [0.1, 0.15) is 39.6 Å². The summed E-state index contributed by atoms with van der Waals surface area (Å²) < 4.78 is 85.6. The fraction of sp³-hybridized carbons (Fsp3) is 0.602. The predicted molar refractivity (Wildman–Crippen MR) is 425 cm³/mol. The van der Waals surface area contributed by atoms with E-state index in [0.29, 0.717) is 204 Å². The molecule has 7 fully saturated rings. The van der Waals surface area contributed by atoms with Crippen LogP contribution in [0, 0.1) is 17.8 Å². The molecular weight excluding hydrogens is 1510 g/mol. The second-order valence-electron chi connectivity index (χ2n) is 33.1. The molecule has 0 spiro atoms. The number of nitrogens with zero attached hydrogens (tertiary/aromatic N) is 7. The summed E-state index contributed by atoms with van der Waals surface area (Å²) >= 11 is 25.6. The molecule has 8 aromatic rings. The van der Waals surface area contributed by atoms with E-state index in [2.05, 4.69) is 35.5 Å². The number of halogens is 8. The van der Waals surface area contributed by atoms with Crippen molar-refractivity contribution in [3.8, 4) is 0 Å². The minimum atomic E-state index is -1.24. The number of aliphatic hydroxyl groups is 2. The first-order valence-corrected chi connectivity index (χ1v) is 40.9. The summed E-state index contributed by atoms with van der Waals surface area (Å²) in [7, 11) is 1.63. The number of carbonyl (C=O) groups excluding carboxylic acids is 4. The number of ketones is 1. The van der Waals surface area contributed by atoms with E-state index < -0.39 is 33.9 Å². The fourth-order valence-electron chi connectivity index (χ4n) is 16.4. The molecule has 0 bridgehead atoms. The number of rotatable bonds is 21. The SMILES string of the molecule is CC1(F)CCC(CNC(=O)c2cn(CC3CCOC3)c3nccc(Cl)c23)CC1.CC1(F)CCC(O)(CCC(=O)c2cn(CC3CCCCO3)c3cccc(Cl)c23)CC1.CC1(F)CCC(O)(CNC(=O)c2cn(C3COC3)c3nccc(Cl)c23)CC1.COCCn1cc(C(=O)NCC2CCC(C)(F)CC2)c2c(Cl)ccnc21. The number of benzene rings is 1. The van der Waals surface area contributed by atoms with Gasteiger partial charge in [-0.2, -0.15) is 0 Å². The van der Waals surface area contributed by atoms with Gasteiger partial charge in [0.15, 0.2) is 5.78 Å². The van der Waals surface area contributed by atoms with Crippen molar-refractivity contribution in [2.24, 2.45) is 17.8 Å². The molecule has 7 aliphatic rings. The molecule has 3 aliphatic heterocycles. The molecule has 7 aromatic heterocycles. The Bertz CT molecular complexity index is 4540. The zero-order chi connectivity index (χ0) is 79.0. The highest BCUT2D eigenvalue weighted by atomic mass is 35.5. The Kier molecular flexibility index (Phi) is 27.3. The number of fused-ring (bicyclic) bond motifs is 4. The maximum Gasteiger partial charge on any atom is 0.253 e. The van der Waals surface area contributed by atoms with Gasteiger partial charge in [0, 0.05) is 126 Å². The third kappa shape index (κ3) is 21.2. The third-order valence-electron chi connectivity index (χ3n) is 23.9. The molecule has 1 aromatic carbocycles. The van der Waals surface area contributed by atoms with Crippen LogP contribution in [0.1, 0.15) is 216 Å². The second kappa shape index (κ2) is 36.2. The van der Waals surface area contributed by atoms with E-state index in [0.717, 1.165) is 94.3 Å². The van der Waals surface area contributed by atoms with Crippen molar-refractivity contribution in [2.75, 3.05) is 66.4 Å². The molecule has 3 saturated heterocycles. The van der Waals surface area contributed by atoms with Gasteiger partial charge in [-0.25, -0.2) is 32.5 Å². The summed E-state index contributed by atoms with van der Waals surface area (Å²) in [4.78, 5) is 64.9. The van der Waals surface area contributed by atoms with Crippen LogP contribution in [0.4, 0.5) is 17.6 Å². The van der Waals surface area contributed by atoms with Gasteiger partial charge < -0.3 is 63.4 Å². The fourth-order valence-corrected chi connectivity index (χ4v) is 17.4. The lowest BCUT2D eigenvalue weighted by Crippen LogP contribution is -2.47. The third-order valence-corrected chi connectivity index (χ3v) is 25.2. The molecule has 4 saturated carbocycles. The molecule has 4 aliphatic carbocycles. The highest BCUT2D eigenvalue weighted by molar-refractivity contribution is 6.38. The lowest BCUT2D eigenvalue weighted by Gasteiger charge is -2.37. The van der Waals surface area contributed by atoms with Crippen molar-refractivity contribution in [1.82, 2.24) is 49.2 Å². The van der Waals surface area contributed by atoms with Crippen LogP contribution in [0.25, 0.3) is 44.0 Å². The highest BCUT2D eigenvalue weighted by Crippen LogP contribution is 2.43. The Morgan fingerprint density at radius 1 is 0.523 bits per heavy atom. The molecule has 2 atom stereocenters. The molecular formula is C83H106Cl4F4N10O10. The summed E-state index contributed by atoms with van der Waals surface area (Å²) in [6.45, 7) is 13.7. The normalized spacial score (nSPS) is 27.6. The first-order valence-electron chi connectivity index (χ1n) is 39.4. The minimum Gasteiger partial charge on any atom is -0.390 e. The molecule has 3 amide bonds. The summed E-state index contributed by atoms with van der Waals surface area (Å²) in [5, 5.41) is 35.1.